The van der Waals surface area contributed by atoms with E-state index in [1.54, 1.807) is 7.05 Å². The van der Waals surface area contributed by atoms with Gasteiger partial charge >= 0.3 is 6.03 Å². The number of amides is 2. The van der Waals surface area contributed by atoms with Gasteiger partial charge in [0.25, 0.3) is 0 Å². The van der Waals surface area contributed by atoms with Crippen molar-refractivity contribution in [2.75, 3.05) is 45.3 Å². The number of nitrogens with zero attached hydrogens (tertiary/aromatic N) is 1. The number of ether oxygens (including phenoxy) is 2. The summed E-state index contributed by atoms with van der Waals surface area (Å²) >= 11 is 0. The van der Waals surface area contributed by atoms with Crippen LogP contribution in [-0.4, -0.2) is 58.1 Å². The Kier molecular flexibility index (Phi) is 10.3. The van der Waals surface area contributed by atoms with Crippen molar-refractivity contribution in [3.05, 3.63) is 29.8 Å². The summed E-state index contributed by atoms with van der Waals surface area (Å²) < 4.78 is 11.1. The van der Waals surface area contributed by atoms with Gasteiger partial charge in [0.2, 0.25) is 0 Å². The quantitative estimate of drug-likeness (QED) is 0.272. The average molecular weight is 406 g/mol. The lowest BCUT2D eigenvalue weighted by atomic mass is 10.1. The fraction of sp³-hybridized carbons (Fsp3) is 0.619. The van der Waals surface area contributed by atoms with Crippen LogP contribution in [0.25, 0.3) is 0 Å². The first kappa shape index (κ1) is 23.0. The third kappa shape index (κ3) is 9.62. The van der Waals surface area contributed by atoms with Gasteiger partial charge in [-0.1, -0.05) is 12.1 Å². The topological polar surface area (TPSA) is 96.0 Å². The number of guanidine groups is 1. The molecule has 0 spiro atoms. The van der Waals surface area contributed by atoms with Crippen molar-refractivity contribution in [3.8, 4) is 0 Å². The van der Waals surface area contributed by atoms with Gasteiger partial charge in [0.05, 0.1) is 13.2 Å². The van der Waals surface area contributed by atoms with Crippen molar-refractivity contribution in [1.29, 1.82) is 0 Å². The second-order valence-electron chi connectivity index (χ2n) is 7.46. The first-order valence-corrected chi connectivity index (χ1v) is 10.3. The average Bonchev–Trinajstić information content (AvgIpc) is 3.21. The molecule has 2 rings (SSSR count). The van der Waals surface area contributed by atoms with Crippen LogP contribution < -0.4 is 21.3 Å². The molecule has 0 radical (unpaired) electrons. The number of urea groups is 1. The molecule has 0 aromatic heterocycles. The molecule has 1 unspecified atom stereocenters. The molecule has 1 fully saturated rings. The predicted molar refractivity (Wildman–Crippen MR) is 116 cm³/mol. The van der Waals surface area contributed by atoms with E-state index in [9.17, 15) is 4.79 Å². The highest BCUT2D eigenvalue weighted by Gasteiger charge is 2.15. The summed E-state index contributed by atoms with van der Waals surface area (Å²) in [7, 11) is 1.76. The van der Waals surface area contributed by atoms with Crippen LogP contribution in [0.4, 0.5) is 10.5 Å². The molecule has 0 aliphatic carbocycles. The summed E-state index contributed by atoms with van der Waals surface area (Å²) in [6.07, 6.45) is 2.03. The molecule has 0 saturated carbocycles. The summed E-state index contributed by atoms with van der Waals surface area (Å²) in [4.78, 5) is 16.0. The summed E-state index contributed by atoms with van der Waals surface area (Å²) in [5.41, 5.74) is 1.86. The number of aliphatic imine (C=N–C) groups is 1. The van der Waals surface area contributed by atoms with Gasteiger partial charge in [-0.05, 0) is 44.4 Å². The Bertz CT molecular complexity index is 628. The molecule has 1 aliphatic heterocycles. The molecule has 0 bridgehead atoms. The molecule has 8 heteroatoms. The largest absolute Gasteiger partial charge is 0.381 e. The zero-order valence-corrected chi connectivity index (χ0v) is 17.8. The summed E-state index contributed by atoms with van der Waals surface area (Å²) in [5.74, 6) is 1.32. The Morgan fingerprint density at radius 1 is 1.28 bits per heavy atom. The van der Waals surface area contributed by atoms with Crippen LogP contribution in [0.2, 0.25) is 0 Å². The van der Waals surface area contributed by atoms with Crippen molar-refractivity contribution in [1.82, 2.24) is 16.0 Å². The van der Waals surface area contributed by atoms with Crippen LogP contribution >= 0.6 is 0 Å². The first-order chi connectivity index (χ1) is 14.1. The van der Waals surface area contributed by atoms with Gasteiger partial charge in [0, 0.05) is 51.0 Å². The van der Waals surface area contributed by atoms with Crippen LogP contribution in [0, 0.1) is 5.92 Å². The van der Waals surface area contributed by atoms with E-state index in [0.717, 1.165) is 63.0 Å². The second kappa shape index (κ2) is 13.0. The normalized spacial score (nSPS) is 16.7. The van der Waals surface area contributed by atoms with Gasteiger partial charge in [0.15, 0.2) is 5.96 Å². The molecule has 1 saturated heterocycles. The fourth-order valence-electron chi connectivity index (χ4n) is 2.89. The maximum absolute atomic E-state index is 11.7. The van der Waals surface area contributed by atoms with E-state index in [2.05, 4.69) is 26.3 Å². The lowest BCUT2D eigenvalue weighted by Crippen LogP contribution is -2.37. The molecular weight excluding hydrogens is 370 g/mol. The number of hydrogen-bond acceptors (Lipinski definition) is 4. The van der Waals surface area contributed by atoms with Crippen LogP contribution in [0.5, 0.6) is 0 Å². The SMILES string of the molecule is CN=C(NCCCOCC1CCOC1)NCc1ccc(NC(=O)NC(C)C)cc1. The fourth-order valence-corrected chi connectivity index (χ4v) is 2.89. The predicted octanol–water partition coefficient (Wildman–Crippen LogP) is 2.32. The van der Waals surface area contributed by atoms with E-state index < -0.39 is 0 Å². The van der Waals surface area contributed by atoms with Gasteiger partial charge < -0.3 is 30.7 Å². The molecule has 1 atom stereocenters. The Hall–Kier alpha value is -2.32. The molecule has 1 aromatic rings. The highest BCUT2D eigenvalue weighted by atomic mass is 16.5. The second-order valence-corrected chi connectivity index (χ2v) is 7.46. The van der Waals surface area contributed by atoms with E-state index in [1.165, 1.54) is 0 Å². The Balaban J connectivity index is 1.59. The number of carbonyl (C=O) groups is 1. The molecule has 162 valence electrons. The van der Waals surface area contributed by atoms with E-state index in [1.807, 2.05) is 38.1 Å². The first-order valence-electron chi connectivity index (χ1n) is 10.3. The molecule has 1 aromatic carbocycles. The summed E-state index contributed by atoms with van der Waals surface area (Å²) in [6.45, 7) is 8.52. The number of benzene rings is 1. The zero-order valence-electron chi connectivity index (χ0n) is 17.8. The standard InChI is InChI=1S/C21H35N5O3/c1-16(2)25-21(27)26-19-7-5-17(6-8-19)13-24-20(22-3)23-10-4-11-28-14-18-9-12-29-15-18/h5-8,16,18H,4,9-15H2,1-3H3,(H2,22,23,24)(H2,25,26,27). The lowest BCUT2D eigenvalue weighted by molar-refractivity contribution is 0.0888. The Morgan fingerprint density at radius 3 is 2.72 bits per heavy atom. The number of hydrogen-bond donors (Lipinski definition) is 4. The Labute approximate surface area is 173 Å². The molecule has 4 N–H and O–H groups in total. The highest BCUT2D eigenvalue weighted by Crippen LogP contribution is 2.12. The number of anilines is 1. The zero-order chi connectivity index (χ0) is 20.9. The van der Waals surface area contributed by atoms with Crippen LogP contribution in [0.15, 0.2) is 29.3 Å². The number of nitrogens with one attached hydrogen (secondary N) is 4. The maximum Gasteiger partial charge on any atom is 0.319 e. The maximum atomic E-state index is 11.7. The van der Waals surface area contributed by atoms with Crippen molar-refractivity contribution in [3.63, 3.8) is 0 Å². The third-order valence-corrected chi connectivity index (χ3v) is 4.45. The van der Waals surface area contributed by atoms with Crippen molar-refractivity contribution in [2.45, 2.75) is 39.3 Å². The lowest BCUT2D eigenvalue weighted by Gasteiger charge is -2.13. The van der Waals surface area contributed by atoms with E-state index >= 15 is 0 Å². The van der Waals surface area contributed by atoms with Gasteiger partial charge in [-0.25, -0.2) is 4.79 Å². The molecule has 1 aliphatic rings. The van der Waals surface area contributed by atoms with Crippen LogP contribution in [-0.2, 0) is 16.0 Å². The third-order valence-electron chi connectivity index (χ3n) is 4.45. The number of carbonyl (C=O) groups excluding carboxylic acids is 1. The monoisotopic (exact) mass is 405 g/mol. The number of rotatable bonds is 10. The Morgan fingerprint density at radius 2 is 2.07 bits per heavy atom. The molecule has 8 nitrogen and oxygen atoms in total. The smallest absolute Gasteiger partial charge is 0.319 e. The van der Waals surface area contributed by atoms with Crippen molar-refractivity contribution >= 4 is 17.7 Å². The van der Waals surface area contributed by atoms with Gasteiger partial charge in [0.1, 0.15) is 0 Å². The van der Waals surface area contributed by atoms with Crippen molar-refractivity contribution < 1.29 is 14.3 Å². The van der Waals surface area contributed by atoms with Gasteiger partial charge in [-0.2, -0.15) is 0 Å². The summed E-state index contributed by atoms with van der Waals surface area (Å²) in [6, 6.07) is 7.64. The van der Waals surface area contributed by atoms with E-state index in [-0.39, 0.29) is 12.1 Å². The molecule has 2 amide bonds. The van der Waals surface area contributed by atoms with Crippen LogP contribution in [0.1, 0.15) is 32.3 Å². The van der Waals surface area contributed by atoms with Crippen LogP contribution in [0.3, 0.4) is 0 Å². The molecule has 29 heavy (non-hydrogen) atoms. The highest BCUT2D eigenvalue weighted by molar-refractivity contribution is 5.89. The molecule has 1 heterocycles. The molecular formula is C21H35N5O3. The van der Waals surface area contributed by atoms with Gasteiger partial charge in [-0.15, -0.1) is 0 Å². The van der Waals surface area contributed by atoms with E-state index in [0.29, 0.717) is 12.5 Å². The van der Waals surface area contributed by atoms with Gasteiger partial charge in [-0.3, -0.25) is 4.99 Å². The summed E-state index contributed by atoms with van der Waals surface area (Å²) in [5, 5.41) is 12.2. The minimum atomic E-state index is -0.198. The van der Waals surface area contributed by atoms with E-state index in [4.69, 9.17) is 9.47 Å². The van der Waals surface area contributed by atoms with Crippen molar-refractivity contribution in [2.24, 2.45) is 10.9 Å². The minimum absolute atomic E-state index is 0.103. The minimum Gasteiger partial charge on any atom is -0.381 e.